The molecule has 2 aromatic carbocycles. The average Bonchev–Trinajstić information content (AvgIpc) is 3.14. The molecule has 0 fully saturated rings. The van der Waals surface area contributed by atoms with Crippen molar-refractivity contribution in [1.29, 1.82) is 0 Å². The molecular weight excluding hydrogens is 350 g/mol. The molecule has 0 amide bonds. The van der Waals surface area contributed by atoms with Crippen LogP contribution >= 0.6 is 12.4 Å². The van der Waals surface area contributed by atoms with Gasteiger partial charge in [0.2, 0.25) is 0 Å². The summed E-state index contributed by atoms with van der Waals surface area (Å²) in [5.74, 6) is 0.674. The Kier molecular flexibility index (Phi) is 6.20. The van der Waals surface area contributed by atoms with Crippen LogP contribution in [0.5, 0.6) is 5.75 Å². The molecule has 0 saturated heterocycles. The number of aryl methyl sites for hydroxylation is 1. The fourth-order valence-electron chi connectivity index (χ4n) is 3.50. The highest BCUT2D eigenvalue weighted by Crippen LogP contribution is 2.26. The lowest BCUT2D eigenvalue weighted by Gasteiger charge is -2.26. The molecule has 0 aliphatic heterocycles. The SMILES string of the molecule is Cl.OC(CNC1CCc2ccccc2C1)COc1cccc2ccoc12. The topological polar surface area (TPSA) is 54.6 Å². The minimum Gasteiger partial charge on any atom is -0.487 e. The minimum atomic E-state index is -0.553. The van der Waals surface area contributed by atoms with Gasteiger partial charge in [0.25, 0.3) is 0 Å². The second kappa shape index (κ2) is 8.58. The number of fused-ring (bicyclic) bond motifs is 2. The molecule has 0 radical (unpaired) electrons. The van der Waals surface area contributed by atoms with E-state index in [0.717, 1.165) is 30.2 Å². The second-order valence-electron chi connectivity index (χ2n) is 6.68. The Balaban J connectivity index is 0.00000196. The number of ether oxygens (including phenoxy) is 1. The predicted octanol–water partition coefficient (Wildman–Crippen LogP) is 3.74. The van der Waals surface area contributed by atoms with Crippen molar-refractivity contribution in [2.75, 3.05) is 13.2 Å². The Hall–Kier alpha value is -2.01. The number of nitrogens with one attached hydrogen (secondary N) is 1. The lowest BCUT2D eigenvalue weighted by molar-refractivity contribution is 0.103. The first-order valence-corrected chi connectivity index (χ1v) is 8.87. The molecule has 26 heavy (non-hydrogen) atoms. The largest absolute Gasteiger partial charge is 0.487 e. The van der Waals surface area contributed by atoms with E-state index in [-0.39, 0.29) is 19.0 Å². The molecule has 4 rings (SSSR count). The van der Waals surface area contributed by atoms with Crippen molar-refractivity contribution in [2.24, 2.45) is 0 Å². The molecule has 138 valence electrons. The predicted molar refractivity (Wildman–Crippen MR) is 105 cm³/mol. The van der Waals surface area contributed by atoms with Gasteiger partial charge in [0.15, 0.2) is 11.3 Å². The number of halogens is 1. The third kappa shape index (κ3) is 4.21. The summed E-state index contributed by atoms with van der Waals surface area (Å²) < 4.78 is 11.2. The summed E-state index contributed by atoms with van der Waals surface area (Å²) in [4.78, 5) is 0. The Morgan fingerprint density at radius 2 is 1.96 bits per heavy atom. The quantitative estimate of drug-likeness (QED) is 0.691. The van der Waals surface area contributed by atoms with Crippen molar-refractivity contribution in [1.82, 2.24) is 5.32 Å². The van der Waals surface area contributed by atoms with Gasteiger partial charge in [-0.25, -0.2) is 0 Å². The number of furan rings is 1. The van der Waals surface area contributed by atoms with Gasteiger partial charge >= 0.3 is 0 Å². The summed E-state index contributed by atoms with van der Waals surface area (Å²) >= 11 is 0. The Morgan fingerprint density at radius 1 is 1.12 bits per heavy atom. The maximum atomic E-state index is 10.2. The first kappa shape index (κ1) is 18.8. The fraction of sp³-hybridized carbons (Fsp3) is 0.333. The van der Waals surface area contributed by atoms with Crippen molar-refractivity contribution >= 4 is 23.4 Å². The number of aliphatic hydroxyl groups excluding tert-OH is 1. The molecule has 0 saturated carbocycles. The zero-order valence-corrected chi connectivity index (χ0v) is 15.4. The lowest BCUT2D eigenvalue weighted by atomic mass is 9.88. The van der Waals surface area contributed by atoms with Crippen LogP contribution in [0.1, 0.15) is 17.5 Å². The third-order valence-electron chi connectivity index (χ3n) is 4.86. The van der Waals surface area contributed by atoms with E-state index < -0.39 is 6.10 Å². The van der Waals surface area contributed by atoms with E-state index in [2.05, 4.69) is 29.6 Å². The number of para-hydroxylation sites is 1. The van der Waals surface area contributed by atoms with Crippen molar-refractivity contribution in [2.45, 2.75) is 31.4 Å². The molecule has 1 aromatic heterocycles. The first-order valence-electron chi connectivity index (χ1n) is 8.87. The summed E-state index contributed by atoms with van der Waals surface area (Å²) in [6, 6.07) is 16.7. The number of hydrogen-bond donors (Lipinski definition) is 2. The van der Waals surface area contributed by atoms with Gasteiger partial charge in [-0.05, 0) is 42.5 Å². The van der Waals surface area contributed by atoms with Gasteiger partial charge in [0.1, 0.15) is 12.7 Å². The summed E-state index contributed by atoms with van der Waals surface area (Å²) in [5, 5.41) is 14.7. The maximum Gasteiger partial charge on any atom is 0.175 e. The highest BCUT2D eigenvalue weighted by atomic mass is 35.5. The van der Waals surface area contributed by atoms with Gasteiger partial charge in [-0.15, -0.1) is 12.4 Å². The molecule has 0 spiro atoms. The van der Waals surface area contributed by atoms with E-state index in [9.17, 15) is 5.11 Å². The average molecular weight is 374 g/mol. The summed E-state index contributed by atoms with van der Waals surface area (Å²) in [6.45, 7) is 0.775. The van der Waals surface area contributed by atoms with Crippen LogP contribution in [0.15, 0.2) is 59.2 Å². The van der Waals surface area contributed by atoms with Gasteiger partial charge in [0.05, 0.1) is 6.26 Å². The van der Waals surface area contributed by atoms with Gasteiger partial charge in [-0.2, -0.15) is 0 Å². The lowest BCUT2D eigenvalue weighted by Crippen LogP contribution is -2.40. The third-order valence-corrected chi connectivity index (χ3v) is 4.86. The van der Waals surface area contributed by atoms with E-state index in [1.165, 1.54) is 11.1 Å². The van der Waals surface area contributed by atoms with E-state index >= 15 is 0 Å². The van der Waals surface area contributed by atoms with Crippen LogP contribution in [-0.4, -0.2) is 30.4 Å². The Bertz CT molecular complexity index is 848. The van der Waals surface area contributed by atoms with Gasteiger partial charge in [-0.3, -0.25) is 0 Å². The minimum absolute atomic E-state index is 0. The molecule has 1 aliphatic carbocycles. The van der Waals surface area contributed by atoms with Crippen LogP contribution in [0.2, 0.25) is 0 Å². The fourth-order valence-corrected chi connectivity index (χ4v) is 3.50. The monoisotopic (exact) mass is 373 g/mol. The number of benzene rings is 2. The normalized spacial score (nSPS) is 17.3. The standard InChI is InChI=1S/C21H23NO3.ClH/c23-19(14-25-20-7-3-6-16-10-11-24-21(16)20)13-22-18-9-8-15-4-1-2-5-17(15)12-18;/h1-7,10-11,18-19,22-23H,8-9,12-14H2;1H. The van der Waals surface area contributed by atoms with Gasteiger partial charge < -0.3 is 19.6 Å². The smallest absolute Gasteiger partial charge is 0.175 e. The Labute approximate surface area is 159 Å². The molecule has 1 aliphatic rings. The molecule has 3 aromatic rings. The van der Waals surface area contributed by atoms with Crippen LogP contribution in [0.3, 0.4) is 0 Å². The maximum absolute atomic E-state index is 10.2. The van der Waals surface area contributed by atoms with E-state index in [1.807, 2.05) is 24.3 Å². The molecular formula is C21H24ClNO3. The van der Waals surface area contributed by atoms with E-state index in [1.54, 1.807) is 6.26 Å². The summed E-state index contributed by atoms with van der Waals surface area (Å²) in [7, 11) is 0. The zero-order valence-electron chi connectivity index (χ0n) is 14.6. The highest BCUT2D eigenvalue weighted by molar-refractivity contribution is 5.85. The van der Waals surface area contributed by atoms with Crippen LogP contribution < -0.4 is 10.1 Å². The van der Waals surface area contributed by atoms with Crippen LogP contribution in [-0.2, 0) is 12.8 Å². The number of aliphatic hydroxyl groups is 1. The molecule has 5 heteroatoms. The zero-order chi connectivity index (χ0) is 17.1. The van der Waals surface area contributed by atoms with E-state index in [4.69, 9.17) is 9.15 Å². The van der Waals surface area contributed by atoms with Crippen molar-refractivity contribution in [3.8, 4) is 5.75 Å². The van der Waals surface area contributed by atoms with Gasteiger partial charge in [0, 0.05) is 18.0 Å². The molecule has 2 N–H and O–H groups in total. The summed E-state index contributed by atoms with van der Waals surface area (Å²) in [5.41, 5.74) is 3.60. The Morgan fingerprint density at radius 3 is 2.85 bits per heavy atom. The highest BCUT2D eigenvalue weighted by Gasteiger charge is 2.19. The van der Waals surface area contributed by atoms with Gasteiger partial charge in [-0.1, -0.05) is 36.4 Å². The number of hydrogen-bond acceptors (Lipinski definition) is 4. The molecule has 0 bridgehead atoms. The van der Waals surface area contributed by atoms with Crippen molar-refractivity contribution < 1.29 is 14.3 Å². The molecule has 2 atom stereocenters. The van der Waals surface area contributed by atoms with Crippen molar-refractivity contribution in [3.05, 3.63) is 65.9 Å². The summed E-state index contributed by atoms with van der Waals surface area (Å²) in [6.07, 6.45) is 4.32. The van der Waals surface area contributed by atoms with Crippen molar-refractivity contribution in [3.63, 3.8) is 0 Å². The van der Waals surface area contributed by atoms with Crippen LogP contribution in [0.4, 0.5) is 0 Å². The first-order chi connectivity index (χ1) is 12.3. The van der Waals surface area contributed by atoms with Crippen LogP contribution in [0.25, 0.3) is 11.0 Å². The van der Waals surface area contributed by atoms with Crippen LogP contribution in [0, 0.1) is 0 Å². The number of rotatable bonds is 6. The second-order valence-corrected chi connectivity index (χ2v) is 6.68. The molecule has 4 nitrogen and oxygen atoms in total. The molecule has 2 unspecified atom stereocenters. The van der Waals surface area contributed by atoms with E-state index in [0.29, 0.717) is 18.3 Å². The molecule has 1 heterocycles.